The third-order valence-corrected chi connectivity index (χ3v) is 4.90. The van der Waals surface area contributed by atoms with E-state index in [1.165, 1.54) is 4.88 Å². The Labute approximate surface area is 103 Å². The number of hydrogen-bond acceptors (Lipinski definition) is 2. The van der Waals surface area contributed by atoms with Gasteiger partial charge in [0.15, 0.2) is 0 Å². The number of furan rings is 1. The molecule has 1 nitrogen and oxygen atoms in total. The Hall–Kier alpha value is -0.0600. The van der Waals surface area contributed by atoms with E-state index in [-0.39, 0.29) is 4.83 Å². The van der Waals surface area contributed by atoms with Crippen molar-refractivity contribution >= 4 is 43.2 Å². The van der Waals surface area contributed by atoms with Crippen LogP contribution in [0.5, 0.6) is 0 Å². The molecule has 0 aliphatic rings. The van der Waals surface area contributed by atoms with E-state index in [2.05, 4.69) is 44.0 Å². The van der Waals surface area contributed by atoms with Crippen LogP contribution in [0.1, 0.15) is 21.0 Å². The van der Waals surface area contributed by atoms with Crippen LogP contribution in [0.25, 0.3) is 0 Å². The van der Waals surface area contributed by atoms with Crippen LogP contribution in [0.4, 0.5) is 0 Å². The predicted molar refractivity (Wildman–Crippen MR) is 66.2 cm³/mol. The quantitative estimate of drug-likeness (QED) is 0.712. The van der Waals surface area contributed by atoms with Crippen LogP contribution < -0.4 is 0 Å². The second-order valence-electron chi connectivity index (χ2n) is 3.00. The van der Waals surface area contributed by atoms with E-state index in [4.69, 9.17) is 4.42 Å². The molecule has 0 N–H and O–H groups in total. The lowest BCUT2D eigenvalue weighted by Crippen LogP contribution is -1.84. The van der Waals surface area contributed by atoms with Crippen LogP contribution in [-0.4, -0.2) is 0 Å². The summed E-state index contributed by atoms with van der Waals surface area (Å²) in [4.78, 5) is 1.51. The van der Waals surface area contributed by atoms with E-state index in [0.717, 1.165) is 15.1 Å². The molecule has 0 amide bonds. The van der Waals surface area contributed by atoms with Gasteiger partial charge in [-0.15, -0.1) is 11.3 Å². The third kappa shape index (κ3) is 2.12. The maximum atomic E-state index is 5.28. The van der Waals surface area contributed by atoms with Crippen molar-refractivity contribution in [1.29, 1.82) is 0 Å². The van der Waals surface area contributed by atoms with Crippen LogP contribution in [0.15, 0.2) is 32.7 Å². The van der Waals surface area contributed by atoms with Gasteiger partial charge in [-0.25, -0.2) is 0 Å². The summed E-state index contributed by atoms with van der Waals surface area (Å²) < 4.78 is 6.43. The first-order valence-electron chi connectivity index (χ1n) is 4.11. The molecule has 0 saturated heterocycles. The minimum absolute atomic E-state index is 0.233. The van der Waals surface area contributed by atoms with Gasteiger partial charge in [-0.05, 0) is 41.1 Å². The van der Waals surface area contributed by atoms with Crippen molar-refractivity contribution in [2.24, 2.45) is 0 Å². The number of alkyl halides is 1. The van der Waals surface area contributed by atoms with E-state index in [1.54, 1.807) is 17.6 Å². The summed E-state index contributed by atoms with van der Waals surface area (Å²) in [7, 11) is 0. The number of aryl methyl sites for hydroxylation is 1. The van der Waals surface area contributed by atoms with Gasteiger partial charge < -0.3 is 4.42 Å². The minimum Gasteiger partial charge on any atom is -0.469 e. The van der Waals surface area contributed by atoms with Gasteiger partial charge >= 0.3 is 0 Å². The topological polar surface area (TPSA) is 13.1 Å². The van der Waals surface area contributed by atoms with Crippen LogP contribution >= 0.6 is 43.2 Å². The van der Waals surface area contributed by atoms with Crippen molar-refractivity contribution in [3.63, 3.8) is 0 Å². The zero-order valence-electron chi connectivity index (χ0n) is 7.46. The van der Waals surface area contributed by atoms with E-state index < -0.39 is 0 Å². The van der Waals surface area contributed by atoms with Crippen LogP contribution in [-0.2, 0) is 0 Å². The molecule has 2 heterocycles. The molecule has 2 aromatic heterocycles. The molecule has 0 spiro atoms. The van der Waals surface area contributed by atoms with Crippen molar-refractivity contribution < 1.29 is 4.42 Å². The Morgan fingerprint density at radius 1 is 1.43 bits per heavy atom. The smallest absolute Gasteiger partial charge is 0.101 e. The number of hydrogen-bond donors (Lipinski definition) is 0. The van der Waals surface area contributed by atoms with Gasteiger partial charge in [0.1, 0.15) is 5.76 Å². The summed E-state index contributed by atoms with van der Waals surface area (Å²) in [5, 5.41) is 0. The molecule has 2 aromatic rings. The van der Waals surface area contributed by atoms with Gasteiger partial charge in [0.2, 0.25) is 0 Å². The molecule has 0 radical (unpaired) electrons. The van der Waals surface area contributed by atoms with Crippen molar-refractivity contribution in [3.05, 3.63) is 44.4 Å². The fourth-order valence-corrected chi connectivity index (χ4v) is 3.33. The van der Waals surface area contributed by atoms with Crippen molar-refractivity contribution in [1.82, 2.24) is 0 Å². The molecule has 14 heavy (non-hydrogen) atoms. The summed E-state index contributed by atoms with van der Waals surface area (Å²) in [5.74, 6) is 0.945. The standard InChI is InChI=1S/C10H8Br2OS/c1-6-4-7(5-13-6)10(12)8-2-3-9(11)14-8/h2-5,10H,1H3. The molecule has 1 unspecified atom stereocenters. The first-order valence-corrected chi connectivity index (χ1v) is 6.63. The Balaban J connectivity index is 2.28. The normalized spacial score (nSPS) is 13.1. The fraction of sp³-hybridized carbons (Fsp3) is 0.200. The number of rotatable bonds is 2. The van der Waals surface area contributed by atoms with Crippen LogP contribution in [0.3, 0.4) is 0 Å². The molecule has 0 aliphatic carbocycles. The molecule has 0 aromatic carbocycles. The Morgan fingerprint density at radius 3 is 2.71 bits per heavy atom. The van der Waals surface area contributed by atoms with Gasteiger partial charge in [0.25, 0.3) is 0 Å². The van der Waals surface area contributed by atoms with Gasteiger partial charge in [-0.3, -0.25) is 0 Å². The predicted octanol–water partition coefficient (Wildman–Crippen LogP) is 4.90. The van der Waals surface area contributed by atoms with E-state index in [0.29, 0.717) is 0 Å². The summed E-state index contributed by atoms with van der Waals surface area (Å²) in [6.07, 6.45) is 1.79. The van der Waals surface area contributed by atoms with Crippen LogP contribution in [0, 0.1) is 6.92 Å². The molecule has 0 bridgehead atoms. The van der Waals surface area contributed by atoms with Gasteiger partial charge in [0.05, 0.1) is 14.9 Å². The highest BCUT2D eigenvalue weighted by Gasteiger charge is 2.14. The lowest BCUT2D eigenvalue weighted by Gasteiger charge is -2.02. The first kappa shape index (κ1) is 10.5. The van der Waals surface area contributed by atoms with Crippen molar-refractivity contribution in [3.8, 4) is 0 Å². The van der Waals surface area contributed by atoms with Crippen molar-refractivity contribution in [2.75, 3.05) is 0 Å². The highest BCUT2D eigenvalue weighted by atomic mass is 79.9. The second kappa shape index (κ2) is 4.21. The summed E-state index contributed by atoms with van der Waals surface area (Å²) in [5.41, 5.74) is 1.16. The maximum absolute atomic E-state index is 5.28. The average molecular weight is 336 g/mol. The molecule has 2 rings (SSSR count). The van der Waals surface area contributed by atoms with Crippen molar-refractivity contribution in [2.45, 2.75) is 11.8 Å². The van der Waals surface area contributed by atoms with E-state index in [9.17, 15) is 0 Å². The van der Waals surface area contributed by atoms with Gasteiger partial charge in [0, 0.05) is 10.4 Å². The molecule has 1 atom stereocenters. The average Bonchev–Trinajstić information content (AvgIpc) is 2.73. The highest BCUT2D eigenvalue weighted by Crippen LogP contribution is 2.37. The molecule has 74 valence electrons. The lowest BCUT2D eigenvalue weighted by atomic mass is 10.2. The maximum Gasteiger partial charge on any atom is 0.101 e. The summed E-state index contributed by atoms with van der Waals surface area (Å²) >= 11 is 8.83. The molecular formula is C10H8Br2OS. The Morgan fingerprint density at radius 2 is 2.21 bits per heavy atom. The van der Waals surface area contributed by atoms with E-state index >= 15 is 0 Å². The molecule has 4 heteroatoms. The zero-order valence-corrected chi connectivity index (χ0v) is 11.4. The van der Waals surface area contributed by atoms with Gasteiger partial charge in [-0.2, -0.15) is 0 Å². The number of thiophene rings is 1. The Bertz CT molecular complexity index is 393. The summed E-state index contributed by atoms with van der Waals surface area (Å²) in [6, 6.07) is 6.21. The third-order valence-electron chi connectivity index (χ3n) is 1.89. The van der Waals surface area contributed by atoms with Gasteiger partial charge in [-0.1, -0.05) is 15.9 Å². The SMILES string of the molecule is Cc1cc(C(Br)c2ccc(Br)s2)co1. The first-order chi connectivity index (χ1) is 6.66. The zero-order chi connectivity index (χ0) is 10.1. The monoisotopic (exact) mass is 334 g/mol. The minimum atomic E-state index is 0.233. The molecular weight excluding hydrogens is 328 g/mol. The Kier molecular flexibility index (Phi) is 3.14. The highest BCUT2D eigenvalue weighted by molar-refractivity contribution is 9.11. The largest absolute Gasteiger partial charge is 0.469 e. The lowest BCUT2D eigenvalue weighted by molar-refractivity contribution is 0.532. The molecule has 0 aliphatic heterocycles. The second-order valence-corrected chi connectivity index (χ2v) is 6.41. The van der Waals surface area contributed by atoms with Crippen LogP contribution in [0.2, 0.25) is 0 Å². The van der Waals surface area contributed by atoms with E-state index in [1.807, 2.05) is 13.0 Å². The summed E-state index contributed by atoms with van der Waals surface area (Å²) in [6.45, 7) is 1.95. The number of halogens is 2. The fourth-order valence-electron chi connectivity index (χ4n) is 1.23. The molecule has 0 fully saturated rings. The molecule has 0 saturated carbocycles.